The molecule has 0 bridgehead atoms. The molecule has 0 aliphatic rings. The van der Waals surface area contributed by atoms with Gasteiger partial charge < -0.3 is 5.73 Å². The van der Waals surface area contributed by atoms with Crippen molar-refractivity contribution in [2.75, 3.05) is 5.73 Å². The van der Waals surface area contributed by atoms with E-state index in [0.717, 1.165) is 5.56 Å². The molecule has 0 saturated carbocycles. The topological polar surface area (TPSA) is 38.9 Å². The summed E-state index contributed by atoms with van der Waals surface area (Å²) in [7, 11) is 0. The maximum Gasteiger partial charge on any atom is 0.141 e. The molecule has 2 nitrogen and oxygen atoms in total. The van der Waals surface area contributed by atoms with Crippen LogP contribution >= 0.6 is 11.6 Å². The van der Waals surface area contributed by atoms with Gasteiger partial charge in [-0.1, -0.05) is 11.6 Å². The smallest absolute Gasteiger partial charge is 0.141 e. The van der Waals surface area contributed by atoms with Gasteiger partial charge in [0.05, 0.1) is 10.7 Å². The Hall–Kier alpha value is -1.61. The van der Waals surface area contributed by atoms with Crippen LogP contribution in [0, 0.1) is 5.82 Å². The van der Waals surface area contributed by atoms with Gasteiger partial charge in [0.2, 0.25) is 0 Å². The third-order valence-corrected chi connectivity index (χ3v) is 2.29. The van der Waals surface area contributed by atoms with E-state index in [4.69, 9.17) is 17.3 Å². The first-order valence-electron chi connectivity index (χ1n) is 4.34. The van der Waals surface area contributed by atoms with E-state index in [1.807, 2.05) is 0 Å². The van der Waals surface area contributed by atoms with E-state index in [1.165, 1.54) is 12.1 Å². The number of rotatable bonds is 1. The van der Waals surface area contributed by atoms with Crippen molar-refractivity contribution in [2.45, 2.75) is 0 Å². The van der Waals surface area contributed by atoms with E-state index in [2.05, 4.69) is 4.98 Å². The lowest BCUT2D eigenvalue weighted by atomic mass is 10.1. The highest BCUT2D eigenvalue weighted by Gasteiger charge is 2.04. The van der Waals surface area contributed by atoms with Gasteiger partial charge in [-0.2, -0.15) is 0 Å². The third kappa shape index (κ3) is 2.07. The first-order chi connectivity index (χ1) is 7.16. The van der Waals surface area contributed by atoms with Crippen LogP contribution < -0.4 is 5.73 Å². The minimum atomic E-state index is -0.440. The van der Waals surface area contributed by atoms with Gasteiger partial charge in [-0.05, 0) is 30.3 Å². The van der Waals surface area contributed by atoms with Crippen molar-refractivity contribution in [1.82, 2.24) is 4.98 Å². The van der Waals surface area contributed by atoms with Crippen LogP contribution in [0.2, 0.25) is 5.02 Å². The zero-order valence-corrected chi connectivity index (χ0v) is 8.50. The number of nitrogen functional groups attached to an aromatic ring is 1. The number of hydrogen-bond donors (Lipinski definition) is 1. The SMILES string of the molecule is Nc1ccnc(-c2ccc(F)c(Cl)c2)c1. The monoisotopic (exact) mass is 222 g/mol. The van der Waals surface area contributed by atoms with Crippen LogP contribution in [0.25, 0.3) is 11.3 Å². The summed E-state index contributed by atoms with van der Waals surface area (Å²) in [5.41, 5.74) is 7.65. The highest BCUT2D eigenvalue weighted by atomic mass is 35.5. The largest absolute Gasteiger partial charge is 0.399 e. The van der Waals surface area contributed by atoms with Gasteiger partial charge in [0.25, 0.3) is 0 Å². The average molecular weight is 223 g/mol. The van der Waals surface area contributed by atoms with Crippen LogP contribution in [0.1, 0.15) is 0 Å². The summed E-state index contributed by atoms with van der Waals surface area (Å²) in [6.07, 6.45) is 1.60. The maximum atomic E-state index is 12.9. The number of nitrogens with zero attached hydrogens (tertiary/aromatic N) is 1. The van der Waals surface area contributed by atoms with Gasteiger partial charge in [-0.25, -0.2) is 4.39 Å². The Balaban J connectivity index is 2.50. The van der Waals surface area contributed by atoms with E-state index < -0.39 is 5.82 Å². The van der Waals surface area contributed by atoms with Crippen molar-refractivity contribution in [3.8, 4) is 11.3 Å². The molecular weight excluding hydrogens is 215 g/mol. The molecule has 76 valence electrons. The fraction of sp³-hybridized carbons (Fsp3) is 0. The third-order valence-electron chi connectivity index (χ3n) is 2.00. The molecule has 0 atom stereocenters. The average Bonchev–Trinajstić information content (AvgIpc) is 2.22. The lowest BCUT2D eigenvalue weighted by molar-refractivity contribution is 0.628. The van der Waals surface area contributed by atoms with Crippen LogP contribution in [-0.4, -0.2) is 4.98 Å². The number of benzene rings is 1. The molecule has 0 aliphatic carbocycles. The molecule has 1 aromatic carbocycles. The van der Waals surface area contributed by atoms with Crippen molar-refractivity contribution >= 4 is 17.3 Å². The summed E-state index contributed by atoms with van der Waals surface area (Å²) in [6, 6.07) is 7.85. The maximum absolute atomic E-state index is 12.9. The molecule has 4 heteroatoms. The molecular formula is C11H8ClFN2. The van der Waals surface area contributed by atoms with Crippen LogP contribution in [-0.2, 0) is 0 Å². The summed E-state index contributed by atoms with van der Waals surface area (Å²) in [6.45, 7) is 0. The highest BCUT2D eigenvalue weighted by molar-refractivity contribution is 6.31. The molecule has 2 rings (SSSR count). The molecule has 1 heterocycles. The molecule has 15 heavy (non-hydrogen) atoms. The molecule has 2 N–H and O–H groups in total. The van der Waals surface area contributed by atoms with Crippen LogP contribution in [0.3, 0.4) is 0 Å². The fourth-order valence-electron chi connectivity index (χ4n) is 1.26. The number of pyridine rings is 1. The standard InChI is InChI=1S/C11H8ClFN2/c12-9-5-7(1-2-10(9)13)11-6-8(14)3-4-15-11/h1-6H,(H2,14,15). The van der Waals surface area contributed by atoms with Gasteiger partial charge in [0.15, 0.2) is 0 Å². The molecule has 0 spiro atoms. The van der Waals surface area contributed by atoms with Gasteiger partial charge >= 0.3 is 0 Å². The Morgan fingerprint density at radius 2 is 2.00 bits per heavy atom. The first kappa shape index (κ1) is 9.93. The van der Waals surface area contributed by atoms with E-state index in [1.54, 1.807) is 24.4 Å². The minimum Gasteiger partial charge on any atom is -0.399 e. The van der Waals surface area contributed by atoms with Gasteiger partial charge in [0.1, 0.15) is 5.82 Å². The van der Waals surface area contributed by atoms with E-state index >= 15 is 0 Å². The zero-order chi connectivity index (χ0) is 10.8. The molecule has 0 fully saturated rings. The highest BCUT2D eigenvalue weighted by Crippen LogP contribution is 2.24. The molecule has 1 aromatic heterocycles. The zero-order valence-electron chi connectivity index (χ0n) is 7.74. The number of anilines is 1. The Morgan fingerprint density at radius 1 is 1.20 bits per heavy atom. The summed E-state index contributed by atoms with van der Waals surface area (Å²) in [5.74, 6) is -0.440. The molecule has 0 amide bonds. The Kier molecular flexibility index (Phi) is 2.56. The number of halogens is 2. The van der Waals surface area contributed by atoms with Crippen LogP contribution in [0.5, 0.6) is 0 Å². The van der Waals surface area contributed by atoms with Crippen molar-refractivity contribution in [3.63, 3.8) is 0 Å². The fourth-order valence-corrected chi connectivity index (χ4v) is 1.44. The summed E-state index contributed by atoms with van der Waals surface area (Å²) in [4.78, 5) is 4.12. The number of hydrogen-bond acceptors (Lipinski definition) is 2. The predicted octanol–water partition coefficient (Wildman–Crippen LogP) is 3.12. The van der Waals surface area contributed by atoms with Crippen molar-refractivity contribution < 1.29 is 4.39 Å². The molecule has 0 aliphatic heterocycles. The second-order valence-corrected chi connectivity index (χ2v) is 3.51. The summed E-state index contributed by atoms with van der Waals surface area (Å²) in [5, 5.41) is 0.0803. The van der Waals surface area contributed by atoms with Crippen molar-refractivity contribution in [3.05, 3.63) is 47.4 Å². The van der Waals surface area contributed by atoms with Gasteiger partial charge in [-0.15, -0.1) is 0 Å². The molecule has 0 saturated heterocycles. The van der Waals surface area contributed by atoms with Crippen molar-refractivity contribution in [1.29, 1.82) is 0 Å². The minimum absolute atomic E-state index is 0.0803. The summed E-state index contributed by atoms with van der Waals surface area (Å²) >= 11 is 5.67. The normalized spacial score (nSPS) is 10.3. The molecule has 0 radical (unpaired) electrons. The predicted molar refractivity (Wildman–Crippen MR) is 59.1 cm³/mol. The van der Waals surface area contributed by atoms with Crippen molar-refractivity contribution in [2.24, 2.45) is 0 Å². The number of nitrogens with two attached hydrogens (primary N) is 1. The second-order valence-electron chi connectivity index (χ2n) is 3.10. The quantitative estimate of drug-likeness (QED) is 0.805. The van der Waals surface area contributed by atoms with Gasteiger partial charge in [0, 0.05) is 17.4 Å². The van der Waals surface area contributed by atoms with Crippen LogP contribution in [0.15, 0.2) is 36.5 Å². The van der Waals surface area contributed by atoms with Gasteiger partial charge in [-0.3, -0.25) is 4.98 Å². The van der Waals surface area contributed by atoms with E-state index in [0.29, 0.717) is 11.4 Å². The second kappa shape index (κ2) is 3.87. The lowest BCUT2D eigenvalue weighted by Gasteiger charge is -2.02. The Labute approximate surface area is 91.5 Å². The van der Waals surface area contributed by atoms with Crippen LogP contribution in [0.4, 0.5) is 10.1 Å². The molecule has 0 unspecified atom stereocenters. The van der Waals surface area contributed by atoms with E-state index in [-0.39, 0.29) is 5.02 Å². The number of aromatic nitrogens is 1. The Bertz CT molecular complexity index is 500. The first-order valence-corrected chi connectivity index (χ1v) is 4.71. The lowest BCUT2D eigenvalue weighted by Crippen LogP contribution is -1.89. The Morgan fingerprint density at radius 3 is 2.67 bits per heavy atom. The van der Waals surface area contributed by atoms with E-state index in [9.17, 15) is 4.39 Å². The molecule has 2 aromatic rings. The summed E-state index contributed by atoms with van der Waals surface area (Å²) < 4.78 is 12.9.